The minimum atomic E-state index is 0.925. The van der Waals surface area contributed by atoms with Crippen molar-refractivity contribution in [2.45, 2.75) is 6.92 Å². The highest BCUT2D eigenvalue weighted by atomic mass is 32.1. The highest BCUT2D eigenvalue weighted by Crippen LogP contribution is 2.39. The van der Waals surface area contributed by atoms with E-state index in [9.17, 15) is 0 Å². The number of fused-ring (bicyclic) bond motifs is 9. The molecule has 5 aromatic heterocycles. The molecular formula is C37H24N4S. The lowest BCUT2D eigenvalue weighted by Crippen LogP contribution is -1.96. The molecule has 0 spiro atoms. The Kier molecular flexibility index (Phi) is 4.95. The van der Waals surface area contributed by atoms with Crippen LogP contribution in [-0.4, -0.2) is 18.9 Å². The van der Waals surface area contributed by atoms with Crippen LogP contribution in [0.3, 0.4) is 0 Å². The maximum atomic E-state index is 4.95. The molecule has 0 aliphatic rings. The zero-order chi connectivity index (χ0) is 27.8. The number of hydrogen-bond donors (Lipinski definition) is 0. The van der Waals surface area contributed by atoms with E-state index in [4.69, 9.17) is 4.98 Å². The maximum absolute atomic E-state index is 4.95. The number of aryl methyl sites for hydroxylation is 1. The van der Waals surface area contributed by atoms with E-state index in [1.165, 1.54) is 47.8 Å². The molecule has 0 amide bonds. The quantitative estimate of drug-likeness (QED) is 0.217. The van der Waals surface area contributed by atoms with Crippen molar-refractivity contribution >= 4 is 59.8 Å². The van der Waals surface area contributed by atoms with Gasteiger partial charge in [0.2, 0.25) is 0 Å². The number of hydrogen-bond acceptors (Lipinski definition) is 3. The van der Waals surface area contributed by atoms with Crippen LogP contribution in [0.5, 0.6) is 0 Å². The fraction of sp³-hybridized carbons (Fsp3) is 0.0270. The lowest BCUT2D eigenvalue weighted by atomic mass is 10.00. The molecule has 9 rings (SSSR count). The molecule has 42 heavy (non-hydrogen) atoms. The lowest BCUT2D eigenvalue weighted by Gasteiger charge is -2.10. The third-order valence-corrected chi connectivity index (χ3v) is 9.34. The fourth-order valence-corrected chi connectivity index (χ4v) is 7.51. The minimum absolute atomic E-state index is 0.925. The van der Waals surface area contributed by atoms with Crippen LogP contribution in [0.2, 0.25) is 0 Å². The topological polar surface area (TPSA) is 35.1 Å². The van der Waals surface area contributed by atoms with Crippen LogP contribution in [-0.2, 0) is 0 Å². The van der Waals surface area contributed by atoms with Gasteiger partial charge in [-0.25, -0.2) is 9.97 Å². The molecule has 0 radical (unpaired) electrons. The van der Waals surface area contributed by atoms with Crippen LogP contribution >= 0.6 is 11.3 Å². The second kappa shape index (κ2) is 8.87. The third kappa shape index (κ3) is 3.34. The van der Waals surface area contributed by atoms with Gasteiger partial charge in [0.15, 0.2) is 0 Å². The van der Waals surface area contributed by atoms with E-state index in [2.05, 4.69) is 124 Å². The Morgan fingerprint density at radius 1 is 0.571 bits per heavy atom. The predicted octanol–water partition coefficient (Wildman–Crippen LogP) is 9.84. The largest absolute Gasteiger partial charge is 0.294 e. The summed E-state index contributed by atoms with van der Waals surface area (Å²) in [5, 5.41) is 6.16. The van der Waals surface area contributed by atoms with Crippen LogP contribution in [0.4, 0.5) is 0 Å². The van der Waals surface area contributed by atoms with Crippen molar-refractivity contribution in [2.24, 2.45) is 0 Å². The molecule has 0 bridgehead atoms. The first-order valence-corrected chi connectivity index (χ1v) is 14.9. The first-order valence-electron chi connectivity index (χ1n) is 14.1. The van der Waals surface area contributed by atoms with E-state index in [0.717, 1.165) is 33.8 Å². The van der Waals surface area contributed by atoms with Gasteiger partial charge in [-0.3, -0.25) is 8.97 Å². The highest BCUT2D eigenvalue weighted by molar-refractivity contribution is 7.18. The van der Waals surface area contributed by atoms with Gasteiger partial charge in [-0.05, 0) is 65.9 Å². The van der Waals surface area contributed by atoms with E-state index in [0.29, 0.717) is 0 Å². The fourth-order valence-electron chi connectivity index (χ4n) is 6.47. The van der Waals surface area contributed by atoms with Crippen LogP contribution < -0.4 is 0 Å². The maximum Gasteiger partial charge on any atom is 0.146 e. The summed E-state index contributed by atoms with van der Waals surface area (Å²) in [5.41, 5.74) is 7.94. The molecular weight excluding hydrogens is 533 g/mol. The number of thiophene rings is 1. The molecule has 0 N–H and O–H groups in total. The number of aromatic nitrogens is 4. The van der Waals surface area contributed by atoms with E-state index in [-0.39, 0.29) is 0 Å². The number of benzene rings is 4. The average Bonchev–Trinajstić information content (AvgIpc) is 3.75. The Labute approximate surface area is 245 Å². The van der Waals surface area contributed by atoms with Gasteiger partial charge in [-0.15, -0.1) is 11.3 Å². The molecule has 0 atom stereocenters. The lowest BCUT2D eigenvalue weighted by molar-refractivity contribution is 1.08. The monoisotopic (exact) mass is 556 g/mol. The zero-order valence-electron chi connectivity index (χ0n) is 22.8. The number of pyridine rings is 2. The Bertz CT molecular complexity index is 2480. The van der Waals surface area contributed by atoms with Crippen molar-refractivity contribution in [3.63, 3.8) is 0 Å². The van der Waals surface area contributed by atoms with E-state index in [1.807, 2.05) is 35.9 Å². The van der Waals surface area contributed by atoms with Crippen LogP contribution in [0.1, 0.15) is 4.88 Å². The second-order valence-electron chi connectivity index (χ2n) is 10.8. The van der Waals surface area contributed by atoms with Crippen molar-refractivity contribution in [3.8, 4) is 28.2 Å². The Balaban J connectivity index is 1.24. The third-order valence-electron chi connectivity index (χ3n) is 8.30. The average molecular weight is 557 g/mol. The molecule has 5 heteroatoms. The summed E-state index contributed by atoms with van der Waals surface area (Å²) in [5.74, 6) is 0.925. The van der Waals surface area contributed by atoms with Gasteiger partial charge in [-0.2, -0.15) is 0 Å². The first kappa shape index (κ1) is 23.4. The molecule has 5 heterocycles. The Morgan fingerprint density at radius 3 is 2.21 bits per heavy atom. The molecule has 0 aliphatic carbocycles. The van der Waals surface area contributed by atoms with E-state index < -0.39 is 0 Å². The standard InChI is InChI=1S/C37H24N4S/c1-23-19-31-27-11-2-3-13-29(27)36-39-22-34(41(36)37(31)42-23)26-10-8-9-24(20-26)25-16-17-33-30(21-25)28-12-4-5-14-32(28)40(33)35-15-6-7-18-38-35/h2-22H,1H3. The van der Waals surface area contributed by atoms with E-state index >= 15 is 0 Å². The van der Waals surface area contributed by atoms with Crippen molar-refractivity contribution < 1.29 is 0 Å². The minimum Gasteiger partial charge on any atom is -0.294 e. The summed E-state index contributed by atoms with van der Waals surface area (Å²) < 4.78 is 4.60. The summed E-state index contributed by atoms with van der Waals surface area (Å²) in [4.78, 5) is 12.2. The summed E-state index contributed by atoms with van der Waals surface area (Å²) in [6.45, 7) is 2.18. The number of imidazole rings is 1. The van der Waals surface area contributed by atoms with Crippen LogP contribution in [0.15, 0.2) is 128 Å². The molecule has 9 aromatic rings. The Morgan fingerprint density at radius 2 is 1.33 bits per heavy atom. The SMILES string of the molecule is Cc1cc2c3ccccc3c3ncc(-c4cccc(-c5ccc6c(c5)c5ccccc5n6-c5ccccn5)c4)n3c2s1. The number of rotatable bonds is 3. The van der Waals surface area contributed by atoms with Gasteiger partial charge in [0.25, 0.3) is 0 Å². The van der Waals surface area contributed by atoms with Gasteiger partial charge in [0.1, 0.15) is 16.3 Å². The molecule has 0 fully saturated rings. The summed E-state index contributed by atoms with van der Waals surface area (Å²) in [7, 11) is 0. The molecule has 4 aromatic carbocycles. The smallest absolute Gasteiger partial charge is 0.146 e. The molecule has 0 aliphatic heterocycles. The molecule has 0 unspecified atom stereocenters. The Hall–Kier alpha value is -5.26. The van der Waals surface area contributed by atoms with Crippen LogP contribution in [0, 0.1) is 6.92 Å². The van der Waals surface area contributed by atoms with Crippen molar-refractivity contribution in [3.05, 3.63) is 133 Å². The zero-order valence-corrected chi connectivity index (χ0v) is 23.6. The summed E-state index contributed by atoms with van der Waals surface area (Å²) in [6, 6.07) is 41.2. The summed E-state index contributed by atoms with van der Waals surface area (Å²) in [6.07, 6.45) is 3.88. The van der Waals surface area contributed by atoms with Gasteiger partial charge in [-0.1, -0.05) is 72.8 Å². The second-order valence-corrected chi connectivity index (χ2v) is 12.0. The molecule has 0 saturated carbocycles. The highest BCUT2D eigenvalue weighted by Gasteiger charge is 2.17. The van der Waals surface area contributed by atoms with Crippen molar-refractivity contribution in [1.29, 1.82) is 0 Å². The molecule has 198 valence electrons. The number of para-hydroxylation sites is 1. The molecule has 0 saturated heterocycles. The van der Waals surface area contributed by atoms with Crippen LogP contribution in [0.25, 0.3) is 76.6 Å². The normalized spacial score (nSPS) is 11.9. The van der Waals surface area contributed by atoms with Gasteiger partial charge in [0.05, 0.1) is 22.9 Å². The molecule has 4 nitrogen and oxygen atoms in total. The predicted molar refractivity (Wildman–Crippen MR) is 176 cm³/mol. The van der Waals surface area contributed by atoms with Gasteiger partial charge >= 0.3 is 0 Å². The van der Waals surface area contributed by atoms with Gasteiger partial charge in [0, 0.05) is 38.2 Å². The van der Waals surface area contributed by atoms with Gasteiger partial charge < -0.3 is 0 Å². The van der Waals surface area contributed by atoms with Crippen molar-refractivity contribution in [1.82, 2.24) is 18.9 Å². The van der Waals surface area contributed by atoms with E-state index in [1.54, 1.807) is 0 Å². The number of nitrogens with zero attached hydrogens (tertiary/aromatic N) is 4. The van der Waals surface area contributed by atoms with Crippen molar-refractivity contribution in [2.75, 3.05) is 0 Å². The summed E-state index contributed by atoms with van der Waals surface area (Å²) >= 11 is 1.83. The first-order chi connectivity index (χ1) is 20.7.